The lowest BCUT2D eigenvalue weighted by molar-refractivity contribution is 0.0303. The monoisotopic (exact) mass is 155 g/mol. The van der Waals surface area contributed by atoms with Gasteiger partial charge < -0.3 is 9.67 Å². The number of rotatable bonds is 2. The molecule has 0 amide bonds. The minimum absolute atomic E-state index is 0.00231. The molecule has 0 spiro atoms. The summed E-state index contributed by atoms with van der Waals surface area (Å²) in [5.41, 5.74) is -0.734. The molecular weight excluding hydrogens is 142 g/mol. The molecule has 0 aliphatic carbocycles. The van der Waals surface area contributed by atoms with Crippen LogP contribution in [0.5, 0.6) is 0 Å². The minimum atomic E-state index is -0.734. The third kappa shape index (κ3) is 1.77. The largest absolute Gasteiger partial charge is 0.388 e. The number of aliphatic hydroxyl groups is 1. The lowest BCUT2D eigenvalue weighted by atomic mass is 10.0. The number of nitrogens with zero attached hydrogens (tertiary/aromatic N) is 3. The van der Waals surface area contributed by atoms with E-state index in [1.54, 1.807) is 31.1 Å². The molecule has 0 aromatic carbocycles. The Hall–Kier alpha value is -0.900. The van der Waals surface area contributed by atoms with E-state index in [9.17, 15) is 5.11 Å². The maximum absolute atomic E-state index is 9.58. The van der Waals surface area contributed by atoms with Crippen LogP contribution in [0.2, 0.25) is 0 Å². The first-order valence-corrected chi connectivity index (χ1v) is 3.58. The normalized spacial score (nSPS) is 14.9. The highest BCUT2D eigenvalue weighted by molar-refractivity contribution is 4.81. The smallest absolute Gasteiger partial charge is 0.119 e. The SMILES string of the molecule is CC(n1cnnc1)C(C)(C)O. The zero-order valence-corrected chi connectivity index (χ0v) is 7.02. The van der Waals surface area contributed by atoms with Crippen LogP contribution in [0.15, 0.2) is 12.7 Å². The van der Waals surface area contributed by atoms with Crippen LogP contribution >= 0.6 is 0 Å². The Morgan fingerprint density at radius 2 is 1.82 bits per heavy atom. The van der Waals surface area contributed by atoms with E-state index in [-0.39, 0.29) is 6.04 Å². The molecular formula is C7H13N3O. The Bertz CT molecular complexity index is 212. The molecule has 1 heterocycles. The van der Waals surface area contributed by atoms with Crippen molar-refractivity contribution in [1.29, 1.82) is 0 Å². The van der Waals surface area contributed by atoms with Crippen molar-refractivity contribution in [2.45, 2.75) is 32.4 Å². The molecule has 62 valence electrons. The number of hydrogen-bond donors (Lipinski definition) is 1. The van der Waals surface area contributed by atoms with Gasteiger partial charge in [0.1, 0.15) is 12.7 Å². The Labute approximate surface area is 65.9 Å². The number of aromatic nitrogens is 3. The molecule has 0 radical (unpaired) electrons. The average Bonchev–Trinajstić information content (AvgIpc) is 2.34. The van der Waals surface area contributed by atoms with Crippen molar-refractivity contribution in [3.8, 4) is 0 Å². The van der Waals surface area contributed by atoms with Crippen molar-refractivity contribution in [2.24, 2.45) is 0 Å². The summed E-state index contributed by atoms with van der Waals surface area (Å²) in [5, 5.41) is 16.9. The van der Waals surface area contributed by atoms with Crippen molar-refractivity contribution in [2.75, 3.05) is 0 Å². The number of hydrogen-bond acceptors (Lipinski definition) is 3. The first-order valence-electron chi connectivity index (χ1n) is 3.58. The molecule has 4 nitrogen and oxygen atoms in total. The van der Waals surface area contributed by atoms with Gasteiger partial charge in [-0.3, -0.25) is 0 Å². The van der Waals surface area contributed by atoms with E-state index in [1.165, 1.54) is 0 Å². The molecule has 0 aliphatic rings. The Morgan fingerprint density at radius 3 is 2.18 bits per heavy atom. The van der Waals surface area contributed by atoms with E-state index < -0.39 is 5.60 Å². The van der Waals surface area contributed by atoms with Gasteiger partial charge in [-0.15, -0.1) is 10.2 Å². The lowest BCUT2D eigenvalue weighted by Crippen LogP contribution is -2.30. The Morgan fingerprint density at radius 1 is 1.36 bits per heavy atom. The molecule has 0 saturated carbocycles. The predicted molar refractivity (Wildman–Crippen MR) is 41.0 cm³/mol. The third-order valence-corrected chi connectivity index (χ3v) is 1.91. The van der Waals surface area contributed by atoms with E-state index in [4.69, 9.17) is 0 Å². The van der Waals surface area contributed by atoms with Crippen LogP contribution in [0, 0.1) is 0 Å². The predicted octanol–water partition coefficient (Wildman–Crippen LogP) is 0.610. The van der Waals surface area contributed by atoms with Gasteiger partial charge in [0.15, 0.2) is 0 Å². The maximum atomic E-state index is 9.58. The highest BCUT2D eigenvalue weighted by atomic mass is 16.3. The van der Waals surface area contributed by atoms with E-state index >= 15 is 0 Å². The second-order valence-electron chi connectivity index (χ2n) is 3.24. The van der Waals surface area contributed by atoms with Crippen LogP contribution in [0.4, 0.5) is 0 Å². The first-order chi connectivity index (χ1) is 5.02. The fourth-order valence-corrected chi connectivity index (χ4v) is 0.774. The molecule has 1 aromatic rings. The quantitative estimate of drug-likeness (QED) is 0.680. The van der Waals surface area contributed by atoms with Crippen LogP contribution in [-0.2, 0) is 0 Å². The van der Waals surface area contributed by atoms with Gasteiger partial charge in [0, 0.05) is 0 Å². The zero-order valence-electron chi connectivity index (χ0n) is 7.02. The summed E-state index contributed by atoms with van der Waals surface area (Å²) < 4.78 is 1.78. The van der Waals surface area contributed by atoms with Crippen molar-refractivity contribution >= 4 is 0 Å². The van der Waals surface area contributed by atoms with Crippen molar-refractivity contribution in [3.63, 3.8) is 0 Å². The molecule has 0 saturated heterocycles. The van der Waals surface area contributed by atoms with E-state index in [0.717, 1.165) is 0 Å². The molecule has 1 N–H and O–H groups in total. The zero-order chi connectivity index (χ0) is 8.48. The molecule has 1 rings (SSSR count). The van der Waals surface area contributed by atoms with Gasteiger partial charge in [0.25, 0.3) is 0 Å². The molecule has 1 aromatic heterocycles. The van der Waals surface area contributed by atoms with Crippen LogP contribution in [0.25, 0.3) is 0 Å². The fourth-order valence-electron chi connectivity index (χ4n) is 0.774. The standard InChI is InChI=1S/C7H13N3O/c1-6(7(2,3)11)10-4-8-9-5-10/h4-6,11H,1-3H3. The van der Waals surface area contributed by atoms with E-state index in [2.05, 4.69) is 10.2 Å². The summed E-state index contributed by atoms with van der Waals surface area (Å²) in [6, 6.07) is -0.00231. The highest BCUT2D eigenvalue weighted by Crippen LogP contribution is 2.19. The van der Waals surface area contributed by atoms with Crippen molar-refractivity contribution in [1.82, 2.24) is 14.8 Å². The average molecular weight is 155 g/mol. The fraction of sp³-hybridized carbons (Fsp3) is 0.714. The van der Waals surface area contributed by atoms with Gasteiger partial charge in [-0.25, -0.2) is 0 Å². The van der Waals surface area contributed by atoms with Gasteiger partial charge in [-0.05, 0) is 20.8 Å². The first kappa shape index (κ1) is 8.20. The summed E-state index contributed by atoms with van der Waals surface area (Å²) in [5.74, 6) is 0. The Balaban J connectivity index is 2.78. The lowest BCUT2D eigenvalue weighted by Gasteiger charge is -2.26. The molecule has 4 heteroatoms. The summed E-state index contributed by atoms with van der Waals surface area (Å²) >= 11 is 0. The van der Waals surface area contributed by atoms with E-state index in [1.807, 2.05) is 6.92 Å². The maximum Gasteiger partial charge on any atom is 0.119 e. The third-order valence-electron chi connectivity index (χ3n) is 1.91. The summed E-state index contributed by atoms with van der Waals surface area (Å²) in [6.45, 7) is 5.44. The molecule has 11 heavy (non-hydrogen) atoms. The summed E-state index contributed by atoms with van der Waals surface area (Å²) in [7, 11) is 0. The van der Waals surface area contributed by atoms with Crippen LogP contribution in [-0.4, -0.2) is 25.5 Å². The molecule has 0 bridgehead atoms. The second kappa shape index (κ2) is 2.62. The molecule has 0 aliphatic heterocycles. The molecule has 0 fully saturated rings. The highest BCUT2D eigenvalue weighted by Gasteiger charge is 2.23. The molecule has 1 unspecified atom stereocenters. The van der Waals surface area contributed by atoms with Gasteiger partial charge in [-0.1, -0.05) is 0 Å². The summed E-state index contributed by atoms with van der Waals surface area (Å²) in [6.07, 6.45) is 3.20. The van der Waals surface area contributed by atoms with Crippen LogP contribution in [0.3, 0.4) is 0 Å². The Kier molecular flexibility index (Phi) is 1.95. The van der Waals surface area contributed by atoms with E-state index in [0.29, 0.717) is 0 Å². The van der Waals surface area contributed by atoms with Gasteiger partial charge in [0.05, 0.1) is 11.6 Å². The topological polar surface area (TPSA) is 50.9 Å². The molecule has 1 atom stereocenters. The second-order valence-corrected chi connectivity index (χ2v) is 3.24. The minimum Gasteiger partial charge on any atom is -0.388 e. The van der Waals surface area contributed by atoms with Crippen LogP contribution in [0.1, 0.15) is 26.8 Å². The van der Waals surface area contributed by atoms with Crippen LogP contribution < -0.4 is 0 Å². The van der Waals surface area contributed by atoms with Gasteiger partial charge >= 0.3 is 0 Å². The van der Waals surface area contributed by atoms with Crippen molar-refractivity contribution < 1.29 is 5.11 Å². The van der Waals surface area contributed by atoms with Gasteiger partial charge in [0.2, 0.25) is 0 Å². The van der Waals surface area contributed by atoms with Gasteiger partial charge in [-0.2, -0.15) is 0 Å². The van der Waals surface area contributed by atoms with Crippen molar-refractivity contribution in [3.05, 3.63) is 12.7 Å². The summed E-state index contributed by atoms with van der Waals surface area (Å²) in [4.78, 5) is 0.